The molecule has 146 valence electrons. The fourth-order valence-electron chi connectivity index (χ4n) is 3.12. The number of ether oxygens (including phenoxy) is 2. The van der Waals surface area contributed by atoms with Crippen LogP contribution in [0.1, 0.15) is 16.1 Å². The Bertz CT molecular complexity index is 964. The van der Waals surface area contributed by atoms with E-state index in [1.807, 2.05) is 66.1 Å². The van der Waals surface area contributed by atoms with E-state index in [9.17, 15) is 4.79 Å². The van der Waals surface area contributed by atoms with Gasteiger partial charge in [0.25, 0.3) is 5.91 Å². The van der Waals surface area contributed by atoms with Crippen LogP contribution in [0.3, 0.4) is 0 Å². The normalized spacial score (nSPS) is 10.7. The summed E-state index contributed by atoms with van der Waals surface area (Å²) in [5.41, 5.74) is 4.07. The fraction of sp³-hybridized carbons (Fsp3) is 0.227. The van der Waals surface area contributed by atoms with Gasteiger partial charge in [-0.2, -0.15) is 0 Å². The van der Waals surface area contributed by atoms with Crippen molar-refractivity contribution < 1.29 is 14.3 Å². The van der Waals surface area contributed by atoms with Gasteiger partial charge < -0.3 is 19.4 Å². The topological polar surface area (TPSA) is 52.5 Å². The number of nitrogens with zero attached hydrogens (tertiary/aromatic N) is 1. The number of rotatable bonds is 7. The highest BCUT2D eigenvalue weighted by atomic mass is 35.5. The number of halogens is 1. The average Bonchev–Trinajstić information content (AvgIpc) is 3.05. The molecule has 0 fully saturated rings. The quantitative estimate of drug-likeness (QED) is 0.596. The first kappa shape index (κ1) is 20.0. The van der Waals surface area contributed by atoms with Crippen molar-refractivity contribution >= 4 is 17.5 Å². The Balaban J connectivity index is 2.12. The molecular formula is C22H23ClN2O3. The highest BCUT2D eigenvalue weighted by Gasteiger charge is 2.20. The Morgan fingerprint density at radius 2 is 1.82 bits per heavy atom. The number of para-hydroxylation sites is 1. The minimum atomic E-state index is -0.143. The van der Waals surface area contributed by atoms with E-state index in [1.165, 1.54) is 0 Å². The van der Waals surface area contributed by atoms with Gasteiger partial charge in [-0.1, -0.05) is 23.7 Å². The number of aromatic nitrogens is 1. The van der Waals surface area contributed by atoms with Crippen molar-refractivity contribution in [3.8, 4) is 22.7 Å². The summed E-state index contributed by atoms with van der Waals surface area (Å²) in [4.78, 5) is 12.7. The summed E-state index contributed by atoms with van der Waals surface area (Å²) in [6, 6.07) is 17.2. The van der Waals surface area contributed by atoms with Crippen molar-refractivity contribution in [2.45, 2.75) is 6.92 Å². The van der Waals surface area contributed by atoms with E-state index in [4.69, 9.17) is 21.1 Å². The van der Waals surface area contributed by atoms with Gasteiger partial charge in [0, 0.05) is 19.3 Å². The van der Waals surface area contributed by atoms with Crippen molar-refractivity contribution in [2.24, 2.45) is 0 Å². The van der Waals surface area contributed by atoms with Gasteiger partial charge in [-0.15, -0.1) is 0 Å². The molecule has 0 spiro atoms. The largest absolute Gasteiger partial charge is 0.497 e. The van der Waals surface area contributed by atoms with Gasteiger partial charge in [-0.05, 0) is 55.0 Å². The van der Waals surface area contributed by atoms with E-state index in [1.54, 1.807) is 14.2 Å². The summed E-state index contributed by atoms with van der Waals surface area (Å²) >= 11 is 6.47. The van der Waals surface area contributed by atoms with Crippen LogP contribution in [-0.4, -0.2) is 37.8 Å². The van der Waals surface area contributed by atoms with Crippen LogP contribution in [-0.2, 0) is 4.74 Å². The number of benzene rings is 2. The summed E-state index contributed by atoms with van der Waals surface area (Å²) in [5, 5.41) is 3.50. The van der Waals surface area contributed by atoms with Crippen LogP contribution in [0.2, 0.25) is 5.02 Å². The summed E-state index contributed by atoms with van der Waals surface area (Å²) < 4.78 is 12.3. The van der Waals surface area contributed by atoms with Crippen molar-refractivity contribution in [3.63, 3.8) is 0 Å². The summed E-state index contributed by atoms with van der Waals surface area (Å²) in [6.45, 7) is 2.83. The van der Waals surface area contributed by atoms with Crippen LogP contribution in [0, 0.1) is 6.92 Å². The molecule has 5 nitrogen and oxygen atoms in total. The van der Waals surface area contributed by atoms with E-state index in [0.29, 0.717) is 23.7 Å². The van der Waals surface area contributed by atoms with Crippen LogP contribution >= 0.6 is 11.6 Å². The van der Waals surface area contributed by atoms with Crippen molar-refractivity contribution in [3.05, 3.63) is 70.9 Å². The van der Waals surface area contributed by atoms with Crippen molar-refractivity contribution in [1.82, 2.24) is 9.88 Å². The van der Waals surface area contributed by atoms with E-state index in [0.717, 1.165) is 28.4 Å². The van der Waals surface area contributed by atoms with E-state index in [2.05, 4.69) is 5.32 Å². The zero-order valence-electron chi connectivity index (χ0n) is 16.2. The Morgan fingerprint density at radius 1 is 1.11 bits per heavy atom. The first-order chi connectivity index (χ1) is 13.6. The second kappa shape index (κ2) is 8.95. The fourth-order valence-corrected chi connectivity index (χ4v) is 3.34. The third-order valence-electron chi connectivity index (χ3n) is 4.56. The molecule has 0 unspecified atom stereocenters. The lowest BCUT2D eigenvalue weighted by atomic mass is 10.1. The minimum Gasteiger partial charge on any atom is -0.497 e. The molecule has 0 saturated carbocycles. The van der Waals surface area contributed by atoms with Gasteiger partial charge in [0.1, 0.15) is 5.75 Å². The number of methoxy groups -OCH3 is 2. The molecule has 2 aromatic carbocycles. The number of hydrogen-bond acceptors (Lipinski definition) is 3. The highest BCUT2D eigenvalue weighted by molar-refractivity contribution is 6.32. The van der Waals surface area contributed by atoms with Crippen LogP contribution in [0.25, 0.3) is 16.9 Å². The maximum absolute atomic E-state index is 12.7. The number of nitrogens with one attached hydrogen (secondary N) is 1. The first-order valence-corrected chi connectivity index (χ1v) is 9.33. The van der Waals surface area contributed by atoms with Gasteiger partial charge >= 0.3 is 0 Å². The molecule has 0 aliphatic rings. The maximum Gasteiger partial charge on any atom is 0.253 e. The van der Waals surface area contributed by atoms with E-state index >= 15 is 0 Å². The van der Waals surface area contributed by atoms with Gasteiger partial charge in [-0.25, -0.2) is 0 Å². The molecule has 0 aliphatic heterocycles. The second-order valence-corrected chi connectivity index (χ2v) is 6.70. The molecule has 1 heterocycles. The zero-order valence-corrected chi connectivity index (χ0v) is 16.9. The Hall–Kier alpha value is -2.76. The second-order valence-electron chi connectivity index (χ2n) is 6.29. The average molecular weight is 399 g/mol. The molecule has 6 heteroatoms. The van der Waals surface area contributed by atoms with Crippen LogP contribution in [0.4, 0.5) is 0 Å². The maximum atomic E-state index is 12.7. The van der Waals surface area contributed by atoms with Gasteiger partial charge in [-0.3, -0.25) is 4.79 Å². The van der Waals surface area contributed by atoms with Crippen LogP contribution in [0.15, 0.2) is 54.6 Å². The van der Waals surface area contributed by atoms with Gasteiger partial charge in [0.05, 0.1) is 35.7 Å². The molecule has 0 radical (unpaired) electrons. The number of carbonyl (C=O) groups excluding carboxylic acids is 1. The molecule has 28 heavy (non-hydrogen) atoms. The molecule has 1 N–H and O–H groups in total. The molecule has 3 aromatic rings. The summed E-state index contributed by atoms with van der Waals surface area (Å²) in [5.74, 6) is 0.629. The smallest absolute Gasteiger partial charge is 0.253 e. The molecule has 1 aromatic heterocycles. The molecule has 0 atom stereocenters. The number of hydrogen-bond donors (Lipinski definition) is 1. The molecule has 3 rings (SSSR count). The van der Waals surface area contributed by atoms with Gasteiger partial charge in [0.15, 0.2) is 0 Å². The Morgan fingerprint density at radius 3 is 2.46 bits per heavy atom. The van der Waals surface area contributed by atoms with Crippen LogP contribution in [0.5, 0.6) is 5.75 Å². The predicted octanol–water partition coefficient (Wildman–Crippen LogP) is 4.49. The zero-order chi connectivity index (χ0) is 20.1. The molecule has 1 amide bonds. The minimum absolute atomic E-state index is 0.143. The lowest BCUT2D eigenvalue weighted by molar-refractivity contribution is 0.0936. The SMILES string of the molecule is COCCNC(=O)c1cc(-c2ccc(OC)cc2)n(-c2ccccc2Cl)c1C. The van der Waals surface area contributed by atoms with E-state index in [-0.39, 0.29) is 5.91 Å². The number of amides is 1. The highest BCUT2D eigenvalue weighted by Crippen LogP contribution is 2.33. The molecule has 0 saturated heterocycles. The Kier molecular flexibility index (Phi) is 6.39. The monoisotopic (exact) mass is 398 g/mol. The lowest BCUT2D eigenvalue weighted by Crippen LogP contribution is -2.27. The molecule has 0 bridgehead atoms. The first-order valence-electron chi connectivity index (χ1n) is 8.95. The standard InChI is InChI=1S/C22H23ClN2O3/c1-15-18(22(26)24-12-13-27-2)14-21(16-8-10-17(28-3)11-9-16)25(15)20-7-5-4-6-19(20)23/h4-11,14H,12-13H2,1-3H3,(H,24,26). The number of carbonyl (C=O) groups is 1. The summed E-state index contributed by atoms with van der Waals surface area (Å²) in [7, 11) is 3.24. The van der Waals surface area contributed by atoms with Crippen LogP contribution < -0.4 is 10.1 Å². The third-order valence-corrected chi connectivity index (χ3v) is 4.88. The lowest BCUT2D eigenvalue weighted by Gasteiger charge is -2.14. The Labute approximate surface area is 169 Å². The third kappa shape index (κ3) is 4.06. The molecule has 0 aliphatic carbocycles. The van der Waals surface area contributed by atoms with Gasteiger partial charge in [0.2, 0.25) is 0 Å². The van der Waals surface area contributed by atoms with Crippen molar-refractivity contribution in [2.75, 3.05) is 27.4 Å². The predicted molar refractivity (Wildman–Crippen MR) is 112 cm³/mol. The summed E-state index contributed by atoms with van der Waals surface area (Å²) in [6.07, 6.45) is 0. The molecular weight excluding hydrogens is 376 g/mol. The van der Waals surface area contributed by atoms with Crippen molar-refractivity contribution in [1.29, 1.82) is 0 Å². The van der Waals surface area contributed by atoms with E-state index < -0.39 is 0 Å².